The second-order valence-electron chi connectivity index (χ2n) is 4.49. The van der Waals surface area contributed by atoms with Crippen LogP contribution in [-0.2, 0) is 6.42 Å². The number of nitrogens with one attached hydrogen (secondary N) is 1. The Balaban J connectivity index is 1.84. The molecule has 2 N–H and O–H groups in total. The molecule has 0 aliphatic heterocycles. The van der Waals surface area contributed by atoms with Gasteiger partial charge in [0, 0.05) is 5.71 Å². The maximum absolute atomic E-state index is 9.21. The van der Waals surface area contributed by atoms with E-state index < -0.39 is 0 Å². The Morgan fingerprint density at radius 1 is 1.05 bits per heavy atom. The third-order valence-electron chi connectivity index (χ3n) is 2.86. The van der Waals surface area contributed by atoms with Gasteiger partial charge in [-0.15, -0.1) is 0 Å². The molecule has 0 unspecified atom stereocenters. The van der Waals surface area contributed by atoms with E-state index >= 15 is 0 Å². The quantitative estimate of drug-likeness (QED) is 0.629. The average Bonchev–Trinajstić information content (AvgIpc) is 2.45. The van der Waals surface area contributed by atoms with Crippen molar-refractivity contribution >= 4 is 11.4 Å². The van der Waals surface area contributed by atoms with Gasteiger partial charge in [-0.25, -0.2) is 0 Å². The summed E-state index contributed by atoms with van der Waals surface area (Å²) in [6.45, 7) is 2.01. The van der Waals surface area contributed by atoms with E-state index in [0.29, 0.717) is 5.75 Å². The van der Waals surface area contributed by atoms with Gasteiger partial charge in [0.15, 0.2) is 0 Å². The van der Waals surface area contributed by atoms with Gasteiger partial charge in [0.05, 0.1) is 5.69 Å². The lowest BCUT2D eigenvalue weighted by Crippen LogP contribution is -1.99. The first-order valence-corrected chi connectivity index (χ1v) is 6.36. The molecule has 0 saturated carbocycles. The first kappa shape index (κ1) is 13.1. The van der Waals surface area contributed by atoms with E-state index in [1.54, 1.807) is 12.1 Å². The summed E-state index contributed by atoms with van der Waals surface area (Å²) in [5, 5.41) is 13.6. The van der Waals surface area contributed by atoms with Gasteiger partial charge >= 0.3 is 0 Å². The molecule has 98 valence electrons. The SMILES string of the molecule is C/C(CCc1ccc(O)cc1)=N\Nc1ccccc1. The predicted octanol–water partition coefficient (Wildman–Crippen LogP) is 3.81. The zero-order valence-electron chi connectivity index (χ0n) is 11.0. The van der Waals surface area contributed by atoms with Crippen LogP contribution in [0.4, 0.5) is 5.69 Å². The molecule has 0 fully saturated rings. The van der Waals surface area contributed by atoms with E-state index in [1.165, 1.54) is 5.56 Å². The highest BCUT2D eigenvalue weighted by atomic mass is 16.3. The Labute approximate surface area is 113 Å². The third kappa shape index (κ3) is 4.47. The van der Waals surface area contributed by atoms with E-state index in [1.807, 2.05) is 49.4 Å². The van der Waals surface area contributed by atoms with E-state index in [4.69, 9.17) is 0 Å². The molecule has 0 atom stereocenters. The van der Waals surface area contributed by atoms with E-state index in [9.17, 15) is 5.11 Å². The first-order chi connectivity index (χ1) is 9.24. The van der Waals surface area contributed by atoms with Gasteiger partial charge in [-0.1, -0.05) is 30.3 Å². The minimum Gasteiger partial charge on any atom is -0.508 e. The summed E-state index contributed by atoms with van der Waals surface area (Å²) in [6.07, 6.45) is 1.82. The van der Waals surface area contributed by atoms with Gasteiger partial charge in [-0.05, 0) is 49.6 Å². The standard InChI is InChI=1S/C16H18N2O/c1-13(17-18-15-5-3-2-4-6-15)7-8-14-9-11-16(19)12-10-14/h2-6,9-12,18-19H,7-8H2,1H3/b17-13+. The molecule has 0 heterocycles. The first-order valence-electron chi connectivity index (χ1n) is 6.36. The summed E-state index contributed by atoms with van der Waals surface area (Å²) in [5.74, 6) is 0.305. The van der Waals surface area contributed by atoms with Crippen LogP contribution in [0.5, 0.6) is 5.75 Å². The fourth-order valence-corrected chi connectivity index (χ4v) is 1.72. The number of aryl methyl sites for hydroxylation is 1. The largest absolute Gasteiger partial charge is 0.508 e. The summed E-state index contributed by atoms with van der Waals surface area (Å²) in [7, 11) is 0. The molecule has 3 nitrogen and oxygen atoms in total. The number of phenolic OH excluding ortho intramolecular Hbond substituents is 1. The van der Waals surface area contributed by atoms with E-state index in [2.05, 4.69) is 10.5 Å². The van der Waals surface area contributed by atoms with Crippen LogP contribution in [0.1, 0.15) is 18.9 Å². The molecule has 0 amide bonds. The molecule has 2 rings (SSSR count). The lowest BCUT2D eigenvalue weighted by molar-refractivity contribution is 0.475. The Morgan fingerprint density at radius 3 is 2.42 bits per heavy atom. The summed E-state index contributed by atoms with van der Waals surface area (Å²) < 4.78 is 0. The number of para-hydroxylation sites is 1. The van der Waals surface area contributed by atoms with E-state index in [-0.39, 0.29) is 0 Å². The highest BCUT2D eigenvalue weighted by Crippen LogP contribution is 2.11. The van der Waals surface area contributed by atoms with Crippen molar-refractivity contribution in [2.45, 2.75) is 19.8 Å². The molecule has 0 aliphatic rings. The van der Waals surface area contributed by atoms with Crippen molar-refractivity contribution in [3.8, 4) is 5.75 Å². The maximum Gasteiger partial charge on any atom is 0.115 e. The van der Waals surface area contributed by atoms with Crippen molar-refractivity contribution in [2.24, 2.45) is 5.10 Å². The van der Waals surface area contributed by atoms with E-state index in [0.717, 1.165) is 24.2 Å². The normalized spacial score (nSPS) is 11.3. The van der Waals surface area contributed by atoms with Crippen LogP contribution in [0.3, 0.4) is 0 Å². The van der Waals surface area contributed by atoms with Crippen molar-refractivity contribution < 1.29 is 5.11 Å². The van der Waals surface area contributed by atoms with Crippen LogP contribution >= 0.6 is 0 Å². The number of benzene rings is 2. The van der Waals surface area contributed by atoms with Crippen molar-refractivity contribution in [1.82, 2.24) is 0 Å². The smallest absolute Gasteiger partial charge is 0.115 e. The summed E-state index contributed by atoms with van der Waals surface area (Å²) in [5.41, 5.74) is 6.28. The zero-order chi connectivity index (χ0) is 13.5. The Morgan fingerprint density at radius 2 is 1.74 bits per heavy atom. The van der Waals surface area contributed by atoms with Crippen molar-refractivity contribution in [1.29, 1.82) is 0 Å². The number of rotatable bonds is 5. The Kier molecular flexibility index (Phi) is 4.56. The minimum atomic E-state index is 0.305. The second kappa shape index (κ2) is 6.59. The Bertz CT molecular complexity index is 532. The van der Waals surface area contributed by atoms with Crippen LogP contribution in [-0.4, -0.2) is 10.8 Å². The number of hydrogen-bond donors (Lipinski definition) is 2. The number of nitrogens with zero attached hydrogens (tertiary/aromatic N) is 1. The fourth-order valence-electron chi connectivity index (χ4n) is 1.72. The molecule has 0 spiro atoms. The topological polar surface area (TPSA) is 44.6 Å². The van der Waals surface area contributed by atoms with Crippen LogP contribution in [0.25, 0.3) is 0 Å². The lowest BCUT2D eigenvalue weighted by Gasteiger charge is -2.04. The molecule has 0 aromatic heterocycles. The molecule has 3 heteroatoms. The number of hydrazone groups is 1. The molecule has 0 aliphatic carbocycles. The molecular formula is C16H18N2O. The third-order valence-corrected chi connectivity index (χ3v) is 2.86. The maximum atomic E-state index is 9.21. The van der Waals surface area contributed by atoms with Gasteiger partial charge in [-0.2, -0.15) is 5.10 Å². The highest BCUT2D eigenvalue weighted by molar-refractivity contribution is 5.82. The number of aromatic hydroxyl groups is 1. The summed E-state index contributed by atoms with van der Waals surface area (Å²) in [4.78, 5) is 0. The minimum absolute atomic E-state index is 0.305. The van der Waals surface area contributed by atoms with Gasteiger partial charge in [-0.3, -0.25) is 5.43 Å². The second-order valence-corrected chi connectivity index (χ2v) is 4.49. The van der Waals surface area contributed by atoms with Crippen molar-refractivity contribution in [3.05, 3.63) is 60.2 Å². The van der Waals surface area contributed by atoms with Crippen LogP contribution in [0.2, 0.25) is 0 Å². The molecule has 0 radical (unpaired) electrons. The van der Waals surface area contributed by atoms with Crippen LogP contribution in [0, 0.1) is 0 Å². The molecule has 2 aromatic rings. The average molecular weight is 254 g/mol. The summed E-state index contributed by atoms with van der Waals surface area (Å²) >= 11 is 0. The van der Waals surface area contributed by atoms with Gasteiger partial charge < -0.3 is 5.11 Å². The van der Waals surface area contributed by atoms with Gasteiger partial charge in [0.25, 0.3) is 0 Å². The number of hydrogen-bond acceptors (Lipinski definition) is 3. The molecule has 0 saturated heterocycles. The fraction of sp³-hybridized carbons (Fsp3) is 0.188. The van der Waals surface area contributed by atoms with Crippen LogP contribution in [0.15, 0.2) is 59.7 Å². The van der Waals surface area contributed by atoms with Crippen molar-refractivity contribution in [2.75, 3.05) is 5.43 Å². The zero-order valence-corrected chi connectivity index (χ0v) is 11.0. The predicted molar refractivity (Wildman–Crippen MR) is 79.6 cm³/mol. The Hall–Kier alpha value is -2.29. The number of phenols is 1. The molecule has 0 bridgehead atoms. The number of anilines is 1. The van der Waals surface area contributed by atoms with Crippen LogP contribution < -0.4 is 5.43 Å². The summed E-state index contributed by atoms with van der Waals surface area (Å²) in [6, 6.07) is 17.2. The van der Waals surface area contributed by atoms with Gasteiger partial charge in [0.2, 0.25) is 0 Å². The highest BCUT2D eigenvalue weighted by Gasteiger charge is 1.96. The van der Waals surface area contributed by atoms with Crippen molar-refractivity contribution in [3.63, 3.8) is 0 Å². The molecular weight excluding hydrogens is 236 g/mol. The monoisotopic (exact) mass is 254 g/mol. The lowest BCUT2D eigenvalue weighted by atomic mass is 10.1. The molecule has 2 aromatic carbocycles. The molecule has 19 heavy (non-hydrogen) atoms. The van der Waals surface area contributed by atoms with Gasteiger partial charge in [0.1, 0.15) is 5.75 Å².